The van der Waals surface area contributed by atoms with Gasteiger partial charge in [-0.15, -0.1) is 68.0 Å². The summed E-state index contributed by atoms with van der Waals surface area (Å²) in [6.07, 6.45) is 31.8. The fourth-order valence-corrected chi connectivity index (χ4v) is 36.1. The van der Waals surface area contributed by atoms with Crippen molar-refractivity contribution < 1.29 is 8.78 Å². The Kier molecular flexibility index (Phi) is 22.8. The van der Waals surface area contributed by atoms with Gasteiger partial charge in [0, 0.05) is 69.7 Å². The minimum Gasteiger partial charge on any atom is -0.206 e. The van der Waals surface area contributed by atoms with Crippen LogP contribution in [0, 0.1) is 11.6 Å². The summed E-state index contributed by atoms with van der Waals surface area (Å²) in [5, 5.41) is 6.28. The van der Waals surface area contributed by atoms with Crippen molar-refractivity contribution in [3.05, 3.63) is 106 Å². The zero-order chi connectivity index (χ0) is 64.8. The van der Waals surface area contributed by atoms with Gasteiger partial charge in [0.25, 0.3) is 0 Å². The Hall–Kier alpha value is -4.21. The zero-order valence-corrected chi connectivity index (χ0v) is 64.6. The van der Waals surface area contributed by atoms with Crippen LogP contribution >= 0.6 is 91.5 Å². The van der Waals surface area contributed by atoms with Gasteiger partial charge < -0.3 is 0 Å². The lowest BCUT2D eigenvalue weighted by Gasteiger charge is -2.32. The van der Waals surface area contributed by atoms with E-state index in [1.54, 1.807) is 45.2 Å². The van der Waals surface area contributed by atoms with Crippen molar-refractivity contribution in [3.8, 4) is 82.2 Å². The van der Waals surface area contributed by atoms with Crippen molar-refractivity contribution >= 4 is 150 Å². The Morgan fingerprint density at radius 1 is 0.298 bits per heavy atom. The van der Waals surface area contributed by atoms with Crippen molar-refractivity contribution in [2.24, 2.45) is 0 Å². The fraction of sp³-hybridized carbons (Fsp3) is 0.462. The van der Waals surface area contributed by atoms with E-state index in [1.165, 1.54) is 262 Å². The van der Waals surface area contributed by atoms with Crippen LogP contribution in [0.1, 0.15) is 205 Å². The van der Waals surface area contributed by atoms with Gasteiger partial charge >= 0.3 is 0 Å². The number of thiophene rings is 6. The van der Waals surface area contributed by atoms with E-state index in [9.17, 15) is 0 Å². The van der Waals surface area contributed by atoms with Gasteiger partial charge in [-0.1, -0.05) is 195 Å². The molecule has 0 N–H and O–H groups in total. The van der Waals surface area contributed by atoms with E-state index in [2.05, 4.69) is 114 Å². The highest BCUT2D eigenvalue weighted by Crippen LogP contribution is 2.52. The zero-order valence-electron chi connectivity index (χ0n) is 56.1. The summed E-state index contributed by atoms with van der Waals surface area (Å²) in [5.74, 6) is -0.413. The summed E-state index contributed by atoms with van der Waals surface area (Å²) in [6, 6.07) is 36.8. The van der Waals surface area contributed by atoms with Gasteiger partial charge in [-0.05, 0) is 155 Å². The van der Waals surface area contributed by atoms with Crippen molar-refractivity contribution in [1.29, 1.82) is 0 Å². The maximum atomic E-state index is 17.8. The van der Waals surface area contributed by atoms with Crippen LogP contribution in [0.4, 0.5) is 8.78 Å². The molecule has 13 rings (SSSR count). The van der Waals surface area contributed by atoms with Crippen molar-refractivity contribution in [2.75, 3.05) is 0 Å². The van der Waals surface area contributed by atoms with Gasteiger partial charge in [0.1, 0.15) is 49.8 Å². The summed E-state index contributed by atoms with van der Waals surface area (Å²) < 4.78 is 55.6. The Balaban J connectivity index is 0.922. The Bertz CT molecular complexity index is 4060. The number of unbranched alkanes of at least 4 members (excludes halogenated alkanes) is 18. The predicted molar refractivity (Wildman–Crippen MR) is 421 cm³/mol. The Labute approximate surface area is 592 Å². The molecule has 94 heavy (non-hydrogen) atoms. The summed E-state index contributed by atoms with van der Waals surface area (Å²) in [5.41, 5.74) is 8.78. The normalized spacial score (nSPS) is 13.7. The first kappa shape index (κ1) is 68.3. The molecular formula is C78H92F2N4S8Si2. The SMILES string of the molecule is CCCCCCc1ccc(-c2ccc(-c3cc(F)c(-c4cc5c(s4)-c4cc6c(cc4[Si]5(CCCCCC)CCCCCC)-c4sc(-c5c(F)cc(-c7ccc(-c8ccc(CCCCCC)s8)s7)c7nsnc57)cc4[Si]6(CCCCCC)CCCCCC)c4nsnc34)s2)s1. The largest absolute Gasteiger partial charge is 0.206 e. The minimum atomic E-state index is -2.50. The molecule has 3 aromatic carbocycles. The molecule has 0 bridgehead atoms. The molecule has 0 saturated heterocycles. The van der Waals surface area contributed by atoms with Crippen LogP contribution in [0.5, 0.6) is 0 Å². The van der Waals surface area contributed by atoms with Crippen molar-refractivity contribution in [1.82, 2.24) is 17.5 Å². The number of rotatable bonds is 36. The third kappa shape index (κ3) is 13.7. The molecule has 0 radical (unpaired) electrons. The average Bonchev–Trinajstić information content (AvgIpc) is 1.52. The van der Waals surface area contributed by atoms with E-state index < -0.39 is 16.1 Å². The first-order valence-corrected chi connectivity index (χ1v) is 47.1. The number of halogens is 2. The lowest BCUT2D eigenvalue weighted by atomic mass is 10.0. The number of fused-ring (bicyclic) bond motifs is 8. The van der Waals surface area contributed by atoms with Gasteiger partial charge in [0.2, 0.25) is 0 Å². The molecule has 0 amide bonds. The number of hydrogen-bond acceptors (Lipinski definition) is 12. The average molecular weight is 1440 g/mol. The molecule has 4 nitrogen and oxygen atoms in total. The number of hydrogen-bond donors (Lipinski definition) is 0. The first-order chi connectivity index (χ1) is 46.1. The van der Waals surface area contributed by atoms with E-state index in [0.717, 1.165) is 54.5 Å². The maximum Gasteiger partial charge on any atom is 0.134 e. The maximum absolute atomic E-state index is 17.8. The number of nitrogens with zero attached hydrogens (tertiary/aromatic N) is 4. The molecule has 0 saturated carbocycles. The first-order valence-electron chi connectivity index (χ1n) is 35.9. The minimum absolute atomic E-state index is 0.206. The molecule has 2 aliphatic rings. The lowest BCUT2D eigenvalue weighted by Crippen LogP contribution is -2.56. The smallest absolute Gasteiger partial charge is 0.134 e. The Morgan fingerprint density at radius 2 is 0.628 bits per heavy atom. The lowest BCUT2D eigenvalue weighted by molar-refractivity contribution is 0.633. The third-order valence-electron chi connectivity index (χ3n) is 20.6. The van der Waals surface area contributed by atoms with Crippen LogP contribution in [0.2, 0.25) is 24.2 Å². The highest BCUT2D eigenvalue weighted by atomic mass is 32.1. The van der Waals surface area contributed by atoms with Crippen LogP contribution in [0.25, 0.3) is 104 Å². The molecular weight excluding hydrogens is 1340 g/mol. The predicted octanol–water partition coefficient (Wildman–Crippen LogP) is 26.0. The summed E-state index contributed by atoms with van der Waals surface area (Å²) in [7, 11) is -5.00. The summed E-state index contributed by atoms with van der Waals surface area (Å²) >= 11 is 13.4. The van der Waals surface area contributed by atoms with Crippen molar-refractivity contribution in [3.63, 3.8) is 0 Å². The second kappa shape index (κ2) is 31.3. The molecule has 0 spiro atoms. The van der Waals surface area contributed by atoms with Crippen LogP contribution in [-0.4, -0.2) is 33.6 Å². The van der Waals surface area contributed by atoms with E-state index in [4.69, 9.17) is 17.5 Å². The van der Waals surface area contributed by atoms with E-state index in [1.807, 2.05) is 45.3 Å². The highest BCUT2D eigenvalue weighted by Gasteiger charge is 2.52. The van der Waals surface area contributed by atoms with E-state index in [0.29, 0.717) is 22.2 Å². The number of benzene rings is 3. The van der Waals surface area contributed by atoms with Gasteiger partial charge in [-0.25, -0.2) is 8.78 Å². The van der Waals surface area contributed by atoms with Crippen LogP contribution in [0.3, 0.4) is 0 Å². The molecule has 10 heterocycles. The highest BCUT2D eigenvalue weighted by molar-refractivity contribution is 7.26. The van der Waals surface area contributed by atoms with Crippen LogP contribution in [0.15, 0.2) is 84.9 Å². The number of aryl methyl sites for hydroxylation is 2. The third-order valence-corrected chi connectivity index (χ3v) is 39.9. The molecule has 0 aliphatic carbocycles. The van der Waals surface area contributed by atoms with Gasteiger partial charge in [-0.2, -0.15) is 17.5 Å². The monoisotopic (exact) mass is 1430 g/mol. The molecule has 11 aromatic rings. The van der Waals surface area contributed by atoms with Gasteiger partial charge in [-0.3, -0.25) is 0 Å². The summed E-state index contributed by atoms with van der Waals surface area (Å²) in [4.78, 5) is 14.7. The molecule has 0 unspecified atom stereocenters. The second-order valence-corrected chi connectivity index (χ2v) is 43.2. The standard InChI is InChI=1S/C78H92F2N4S8Si2/c1-7-13-19-25-31-51-33-35-61(85-51)63-39-37-59(87-63)53-45-57(79)71(75-73(53)81-91-83-75)65-49-69-77(89-65)55-47-68-56(48-67(55)93(69,41-27-21-15-9-3)42-28-22-16-10-4)78-70(94(68,43-29-23-17-11-5)44-30-24-18-12-6)50-66(90-78)72-58(80)46-54(74-76(72)84-92-82-74)60-38-40-64(88-60)62-36-34-52(86-62)32-26-20-14-8-2/h33-40,45-50H,7-32,41-44H2,1-6H3. The van der Waals surface area contributed by atoms with Gasteiger partial charge in [0.05, 0.1) is 34.6 Å². The summed E-state index contributed by atoms with van der Waals surface area (Å²) in [6.45, 7) is 13.9. The van der Waals surface area contributed by atoms with E-state index in [-0.39, 0.29) is 11.6 Å². The van der Waals surface area contributed by atoms with Gasteiger partial charge in [0.15, 0.2) is 0 Å². The van der Waals surface area contributed by atoms with E-state index >= 15 is 8.78 Å². The van der Waals surface area contributed by atoms with Crippen molar-refractivity contribution in [2.45, 2.75) is 233 Å². The molecule has 8 aromatic heterocycles. The second-order valence-electron chi connectivity index (χ2n) is 27.0. The quantitative estimate of drug-likeness (QED) is 0.0290. The molecule has 0 fully saturated rings. The topological polar surface area (TPSA) is 51.6 Å². The number of aromatic nitrogens is 4. The fourth-order valence-electron chi connectivity index (χ4n) is 15.6. The molecule has 16 heteroatoms. The van der Waals surface area contributed by atoms with Crippen LogP contribution < -0.4 is 20.7 Å². The molecule has 494 valence electrons. The van der Waals surface area contributed by atoms with Crippen LogP contribution in [-0.2, 0) is 12.8 Å². The molecule has 2 aliphatic heterocycles. The molecule has 0 atom stereocenters. The Morgan fingerprint density at radius 3 is 1.00 bits per heavy atom.